The van der Waals surface area contributed by atoms with Crippen molar-refractivity contribution in [1.29, 1.82) is 0 Å². The maximum absolute atomic E-state index is 12.4. The highest BCUT2D eigenvalue weighted by atomic mass is 79.9. The van der Waals surface area contributed by atoms with Crippen LogP contribution < -0.4 is 5.32 Å². The van der Waals surface area contributed by atoms with Gasteiger partial charge in [0.05, 0.1) is 16.6 Å². The Hall–Kier alpha value is -0.840. The number of fused-ring (bicyclic) bond motifs is 1. The minimum atomic E-state index is -0.111. The van der Waals surface area contributed by atoms with Gasteiger partial charge < -0.3 is 5.32 Å². The van der Waals surface area contributed by atoms with Gasteiger partial charge in [-0.25, -0.2) is 0 Å². The molecule has 1 aromatic heterocycles. The number of halogens is 2. The number of hydrogen-bond acceptors (Lipinski definition) is 2. The number of carbonyl (C=O) groups excluding carboxylic acids is 1. The van der Waals surface area contributed by atoms with E-state index in [4.69, 9.17) is 11.6 Å². The number of benzene rings is 1. The van der Waals surface area contributed by atoms with Crippen molar-refractivity contribution in [2.24, 2.45) is 0 Å². The lowest BCUT2D eigenvalue weighted by Gasteiger charge is -2.24. The molecule has 2 nitrogen and oxygen atoms in total. The van der Waals surface area contributed by atoms with Gasteiger partial charge in [0.1, 0.15) is 0 Å². The molecule has 104 valence electrons. The van der Waals surface area contributed by atoms with Gasteiger partial charge in [-0.05, 0) is 54.5 Å². The van der Waals surface area contributed by atoms with Gasteiger partial charge in [0.15, 0.2) is 0 Å². The van der Waals surface area contributed by atoms with Crippen molar-refractivity contribution in [2.75, 3.05) is 0 Å². The fraction of sp³-hybridized carbons (Fsp3) is 0.267. The van der Waals surface area contributed by atoms with E-state index < -0.39 is 0 Å². The molecule has 20 heavy (non-hydrogen) atoms. The van der Waals surface area contributed by atoms with E-state index in [1.165, 1.54) is 10.4 Å². The monoisotopic (exact) mass is 369 g/mol. The predicted octanol–water partition coefficient (Wildman–Crippen LogP) is 4.97. The van der Waals surface area contributed by atoms with Crippen LogP contribution in [0.4, 0.5) is 0 Å². The summed E-state index contributed by atoms with van der Waals surface area (Å²) in [5.41, 5.74) is 1.78. The Bertz CT molecular complexity index is 655. The van der Waals surface area contributed by atoms with Gasteiger partial charge in [0.25, 0.3) is 5.91 Å². The molecule has 2 aromatic rings. The van der Waals surface area contributed by atoms with Crippen LogP contribution in [0, 0.1) is 0 Å². The Balaban J connectivity index is 1.82. The van der Waals surface area contributed by atoms with Crippen molar-refractivity contribution in [3.8, 4) is 0 Å². The first-order chi connectivity index (χ1) is 9.65. The van der Waals surface area contributed by atoms with E-state index in [-0.39, 0.29) is 11.9 Å². The summed E-state index contributed by atoms with van der Waals surface area (Å²) in [7, 11) is 0. The number of amides is 1. The zero-order valence-corrected chi connectivity index (χ0v) is 13.8. The first-order valence-corrected chi connectivity index (χ1v) is 8.52. The molecule has 0 saturated heterocycles. The number of thiophene rings is 1. The SMILES string of the molecule is O=C(NC1CCCc2sccc21)c1cc(Br)ccc1Cl. The fourth-order valence-electron chi connectivity index (χ4n) is 2.54. The average Bonchev–Trinajstić information content (AvgIpc) is 2.91. The topological polar surface area (TPSA) is 29.1 Å². The summed E-state index contributed by atoms with van der Waals surface area (Å²) in [6, 6.07) is 7.54. The van der Waals surface area contributed by atoms with Crippen LogP contribution >= 0.6 is 38.9 Å². The van der Waals surface area contributed by atoms with Crippen molar-refractivity contribution < 1.29 is 4.79 Å². The van der Waals surface area contributed by atoms with Crippen molar-refractivity contribution in [3.05, 3.63) is 55.1 Å². The molecule has 1 aliphatic carbocycles. The molecule has 0 radical (unpaired) electrons. The molecule has 1 unspecified atom stereocenters. The standard InChI is InChI=1S/C15H13BrClNOS/c16-9-4-5-12(17)11(8-9)15(19)18-13-2-1-3-14-10(13)6-7-20-14/h4-8,13H,1-3H2,(H,18,19). The predicted molar refractivity (Wildman–Crippen MR) is 86.6 cm³/mol. The molecule has 3 rings (SSSR count). The Labute approximate surface area is 135 Å². The quantitative estimate of drug-likeness (QED) is 0.794. The van der Waals surface area contributed by atoms with Gasteiger partial charge in [-0.3, -0.25) is 4.79 Å². The fourth-order valence-corrected chi connectivity index (χ4v) is 4.10. The summed E-state index contributed by atoms with van der Waals surface area (Å²) in [5, 5.41) is 5.69. The van der Waals surface area contributed by atoms with E-state index in [2.05, 4.69) is 32.7 Å². The molecule has 0 fully saturated rings. The number of hydrogen-bond donors (Lipinski definition) is 1. The van der Waals surface area contributed by atoms with Crippen LogP contribution in [0.5, 0.6) is 0 Å². The molecule has 0 saturated carbocycles. The third-order valence-corrected chi connectivity index (χ3v) is 5.35. The molecule has 1 amide bonds. The minimum absolute atomic E-state index is 0.104. The summed E-state index contributed by atoms with van der Waals surface area (Å²) in [5.74, 6) is -0.111. The van der Waals surface area contributed by atoms with Gasteiger partial charge >= 0.3 is 0 Å². The minimum Gasteiger partial charge on any atom is -0.345 e. The molecule has 1 aliphatic rings. The van der Waals surface area contributed by atoms with Crippen molar-refractivity contribution in [1.82, 2.24) is 5.32 Å². The largest absolute Gasteiger partial charge is 0.345 e. The van der Waals surface area contributed by atoms with Crippen LogP contribution in [0.3, 0.4) is 0 Å². The van der Waals surface area contributed by atoms with E-state index in [0.717, 1.165) is 23.7 Å². The second-order valence-corrected chi connectivity index (χ2v) is 7.17. The molecule has 1 heterocycles. The zero-order valence-electron chi connectivity index (χ0n) is 10.7. The summed E-state index contributed by atoms with van der Waals surface area (Å²) < 4.78 is 0.854. The summed E-state index contributed by atoms with van der Waals surface area (Å²) in [6.45, 7) is 0. The first kappa shape index (κ1) is 14.1. The maximum atomic E-state index is 12.4. The van der Waals surface area contributed by atoms with Gasteiger partial charge in [-0.2, -0.15) is 0 Å². The Morgan fingerprint density at radius 3 is 3.10 bits per heavy atom. The lowest BCUT2D eigenvalue weighted by atomic mass is 9.94. The van der Waals surface area contributed by atoms with Crippen LogP contribution in [0.25, 0.3) is 0 Å². The molecule has 0 bridgehead atoms. The first-order valence-electron chi connectivity index (χ1n) is 6.47. The van der Waals surface area contributed by atoms with Crippen molar-refractivity contribution in [3.63, 3.8) is 0 Å². The van der Waals surface area contributed by atoms with Crippen molar-refractivity contribution in [2.45, 2.75) is 25.3 Å². The van der Waals surface area contributed by atoms with Crippen LogP contribution in [0.1, 0.15) is 39.7 Å². The van der Waals surface area contributed by atoms with Crippen molar-refractivity contribution >= 4 is 44.8 Å². The number of carbonyl (C=O) groups is 1. The zero-order chi connectivity index (χ0) is 14.1. The molecule has 1 atom stereocenters. The summed E-state index contributed by atoms with van der Waals surface area (Å²) >= 11 is 11.3. The van der Waals surface area contributed by atoms with E-state index in [1.807, 2.05) is 6.07 Å². The number of rotatable bonds is 2. The van der Waals surface area contributed by atoms with Crippen LogP contribution in [-0.2, 0) is 6.42 Å². The van der Waals surface area contributed by atoms with E-state index in [0.29, 0.717) is 10.6 Å². The van der Waals surface area contributed by atoms with Crippen LogP contribution in [0.2, 0.25) is 5.02 Å². The Kier molecular flexibility index (Phi) is 4.15. The second kappa shape index (κ2) is 5.88. The van der Waals surface area contributed by atoms with E-state index in [1.54, 1.807) is 23.5 Å². The number of aryl methyl sites for hydroxylation is 1. The molecule has 5 heteroatoms. The maximum Gasteiger partial charge on any atom is 0.253 e. The molecular formula is C15H13BrClNOS. The molecule has 1 N–H and O–H groups in total. The van der Waals surface area contributed by atoms with Gasteiger partial charge in [-0.1, -0.05) is 27.5 Å². The van der Waals surface area contributed by atoms with Gasteiger partial charge in [0, 0.05) is 9.35 Å². The highest BCUT2D eigenvalue weighted by Gasteiger charge is 2.23. The third-order valence-electron chi connectivity index (χ3n) is 3.53. The summed E-state index contributed by atoms with van der Waals surface area (Å²) in [6.07, 6.45) is 3.22. The molecule has 0 aliphatic heterocycles. The van der Waals surface area contributed by atoms with Crippen LogP contribution in [-0.4, -0.2) is 5.91 Å². The van der Waals surface area contributed by atoms with Gasteiger partial charge in [-0.15, -0.1) is 11.3 Å². The average molecular weight is 371 g/mol. The summed E-state index contributed by atoms with van der Waals surface area (Å²) in [4.78, 5) is 13.8. The lowest BCUT2D eigenvalue weighted by Crippen LogP contribution is -2.30. The van der Waals surface area contributed by atoms with Crippen LogP contribution in [0.15, 0.2) is 34.1 Å². The smallest absolute Gasteiger partial charge is 0.253 e. The molecular weight excluding hydrogens is 358 g/mol. The third kappa shape index (κ3) is 2.78. The highest BCUT2D eigenvalue weighted by molar-refractivity contribution is 9.10. The number of nitrogens with one attached hydrogen (secondary N) is 1. The van der Waals surface area contributed by atoms with E-state index in [9.17, 15) is 4.79 Å². The van der Waals surface area contributed by atoms with E-state index >= 15 is 0 Å². The normalized spacial score (nSPS) is 17.6. The lowest BCUT2D eigenvalue weighted by molar-refractivity contribution is 0.0933. The highest BCUT2D eigenvalue weighted by Crippen LogP contribution is 2.33. The Morgan fingerprint density at radius 2 is 2.25 bits per heavy atom. The Morgan fingerprint density at radius 1 is 1.40 bits per heavy atom. The molecule has 0 spiro atoms. The molecule has 1 aromatic carbocycles. The second-order valence-electron chi connectivity index (χ2n) is 4.84. The van der Waals surface area contributed by atoms with Gasteiger partial charge in [0.2, 0.25) is 0 Å².